The summed E-state index contributed by atoms with van der Waals surface area (Å²) < 4.78 is 0. The van der Waals surface area contributed by atoms with Gasteiger partial charge < -0.3 is 4.90 Å². The van der Waals surface area contributed by atoms with Crippen molar-refractivity contribution in [3.8, 4) is 0 Å². The standard InChI is InChI=1S/C18H19N/c1-19-11-17-15-8-4-2-6-13(15)10-14-7-3-5-9-16(14)18(17)12-19/h2-9,17-18H,10-12H2,1H3/t17-,18+. The molecular formula is C18H19N. The lowest BCUT2D eigenvalue weighted by Crippen LogP contribution is -2.14. The van der Waals surface area contributed by atoms with E-state index >= 15 is 0 Å². The van der Waals surface area contributed by atoms with E-state index < -0.39 is 0 Å². The third kappa shape index (κ3) is 1.73. The molecule has 1 nitrogen and oxygen atoms in total. The Balaban J connectivity index is 1.93. The Hall–Kier alpha value is -1.60. The first-order valence-corrected chi connectivity index (χ1v) is 7.17. The molecule has 1 aliphatic heterocycles. The van der Waals surface area contributed by atoms with E-state index in [2.05, 4.69) is 60.5 Å². The van der Waals surface area contributed by atoms with Crippen molar-refractivity contribution in [2.75, 3.05) is 20.1 Å². The van der Waals surface area contributed by atoms with E-state index in [0.29, 0.717) is 11.8 Å². The van der Waals surface area contributed by atoms with Gasteiger partial charge in [-0.1, -0.05) is 48.5 Å². The van der Waals surface area contributed by atoms with Crippen LogP contribution in [0.1, 0.15) is 34.1 Å². The lowest BCUT2D eigenvalue weighted by atomic mass is 9.84. The Morgan fingerprint density at radius 1 is 0.789 bits per heavy atom. The van der Waals surface area contributed by atoms with Crippen molar-refractivity contribution in [2.45, 2.75) is 18.3 Å². The minimum Gasteiger partial charge on any atom is -0.305 e. The summed E-state index contributed by atoms with van der Waals surface area (Å²) in [7, 11) is 2.25. The van der Waals surface area contributed by atoms with Gasteiger partial charge >= 0.3 is 0 Å². The van der Waals surface area contributed by atoms with E-state index in [0.717, 1.165) is 6.42 Å². The lowest BCUT2D eigenvalue weighted by Gasteiger charge is -2.19. The third-order valence-electron chi connectivity index (χ3n) is 4.79. The SMILES string of the molecule is CN1C[C@@H]2c3ccccc3Cc3ccccc3[C@@H]2C1. The van der Waals surface area contributed by atoms with Gasteiger partial charge in [-0.2, -0.15) is 0 Å². The van der Waals surface area contributed by atoms with Gasteiger partial charge in [0.15, 0.2) is 0 Å². The molecule has 2 aromatic rings. The fourth-order valence-corrected chi connectivity index (χ4v) is 3.95. The zero-order valence-electron chi connectivity index (χ0n) is 11.3. The predicted molar refractivity (Wildman–Crippen MR) is 78.7 cm³/mol. The van der Waals surface area contributed by atoms with Gasteiger partial charge in [-0.05, 0) is 35.7 Å². The average molecular weight is 249 g/mol. The maximum Gasteiger partial charge on any atom is 0.00540 e. The van der Waals surface area contributed by atoms with Crippen LogP contribution in [0.25, 0.3) is 0 Å². The molecule has 1 heterocycles. The number of fused-ring (bicyclic) bond motifs is 5. The van der Waals surface area contributed by atoms with E-state index in [1.807, 2.05) is 0 Å². The number of likely N-dealkylation sites (N-methyl/N-ethyl adjacent to an activating group) is 1. The average Bonchev–Trinajstić information content (AvgIpc) is 2.76. The van der Waals surface area contributed by atoms with Gasteiger partial charge in [0.2, 0.25) is 0 Å². The number of hydrogen-bond donors (Lipinski definition) is 0. The molecular weight excluding hydrogens is 230 g/mol. The predicted octanol–water partition coefficient (Wildman–Crippen LogP) is 3.40. The minimum absolute atomic E-state index is 0.671. The van der Waals surface area contributed by atoms with Crippen LogP contribution in [0.3, 0.4) is 0 Å². The van der Waals surface area contributed by atoms with Crippen molar-refractivity contribution in [2.24, 2.45) is 0 Å². The van der Waals surface area contributed by atoms with Crippen LogP contribution < -0.4 is 0 Å². The fraction of sp³-hybridized carbons (Fsp3) is 0.333. The molecule has 0 N–H and O–H groups in total. The molecule has 4 rings (SSSR count). The molecule has 19 heavy (non-hydrogen) atoms. The normalized spacial score (nSPS) is 25.3. The zero-order chi connectivity index (χ0) is 12.8. The van der Waals surface area contributed by atoms with Crippen molar-refractivity contribution in [3.63, 3.8) is 0 Å². The summed E-state index contributed by atoms with van der Waals surface area (Å²) in [6.07, 6.45) is 1.10. The topological polar surface area (TPSA) is 3.24 Å². The highest BCUT2D eigenvalue weighted by atomic mass is 15.1. The maximum absolute atomic E-state index is 2.48. The highest BCUT2D eigenvalue weighted by Gasteiger charge is 2.36. The van der Waals surface area contributed by atoms with Crippen LogP contribution in [-0.2, 0) is 6.42 Å². The summed E-state index contributed by atoms with van der Waals surface area (Å²) in [5.74, 6) is 1.34. The number of benzene rings is 2. The van der Waals surface area contributed by atoms with Gasteiger partial charge in [0.25, 0.3) is 0 Å². The first-order valence-electron chi connectivity index (χ1n) is 7.17. The van der Waals surface area contributed by atoms with Gasteiger partial charge in [0.1, 0.15) is 0 Å². The largest absolute Gasteiger partial charge is 0.305 e. The number of rotatable bonds is 0. The Kier molecular flexibility index (Phi) is 2.49. The molecule has 0 radical (unpaired) electrons. The first-order chi connectivity index (χ1) is 9.33. The van der Waals surface area contributed by atoms with Crippen LogP contribution in [0, 0.1) is 0 Å². The van der Waals surface area contributed by atoms with E-state index in [1.54, 1.807) is 11.1 Å². The summed E-state index contributed by atoms with van der Waals surface area (Å²) in [5, 5.41) is 0. The van der Waals surface area contributed by atoms with Gasteiger partial charge in [0.05, 0.1) is 0 Å². The van der Waals surface area contributed by atoms with Crippen molar-refractivity contribution in [3.05, 3.63) is 70.8 Å². The Morgan fingerprint density at radius 2 is 1.26 bits per heavy atom. The van der Waals surface area contributed by atoms with Gasteiger partial charge in [-0.15, -0.1) is 0 Å². The van der Waals surface area contributed by atoms with Crippen LogP contribution in [-0.4, -0.2) is 25.0 Å². The summed E-state index contributed by atoms with van der Waals surface area (Å²) in [6.45, 7) is 2.38. The number of likely N-dealkylation sites (tertiary alicyclic amines) is 1. The Bertz CT molecular complexity index is 563. The Morgan fingerprint density at radius 3 is 1.79 bits per heavy atom. The molecule has 0 amide bonds. The number of hydrogen-bond acceptors (Lipinski definition) is 1. The summed E-state index contributed by atoms with van der Waals surface area (Å²) in [5.41, 5.74) is 6.21. The smallest absolute Gasteiger partial charge is 0.00540 e. The molecule has 1 heteroatoms. The molecule has 0 unspecified atom stereocenters. The second kappa shape index (κ2) is 4.21. The van der Waals surface area contributed by atoms with Crippen molar-refractivity contribution >= 4 is 0 Å². The van der Waals surface area contributed by atoms with E-state index in [4.69, 9.17) is 0 Å². The Labute approximate surface area is 114 Å². The van der Waals surface area contributed by atoms with Gasteiger partial charge in [-0.3, -0.25) is 0 Å². The zero-order valence-corrected chi connectivity index (χ0v) is 11.3. The summed E-state index contributed by atoms with van der Waals surface area (Å²) >= 11 is 0. The second-order valence-corrected chi connectivity index (χ2v) is 6.01. The molecule has 2 atom stereocenters. The fourth-order valence-electron chi connectivity index (χ4n) is 3.95. The van der Waals surface area contributed by atoms with E-state index in [-0.39, 0.29) is 0 Å². The third-order valence-corrected chi connectivity index (χ3v) is 4.79. The van der Waals surface area contributed by atoms with Gasteiger partial charge in [0, 0.05) is 24.9 Å². The molecule has 96 valence electrons. The lowest BCUT2D eigenvalue weighted by molar-refractivity contribution is 0.407. The maximum atomic E-state index is 2.48. The molecule has 1 fully saturated rings. The van der Waals surface area contributed by atoms with E-state index in [9.17, 15) is 0 Å². The summed E-state index contributed by atoms with van der Waals surface area (Å²) in [4.78, 5) is 2.48. The minimum atomic E-state index is 0.671. The van der Waals surface area contributed by atoms with E-state index in [1.165, 1.54) is 24.2 Å². The second-order valence-electron chi connectivity index (χ2n) is 6.01. The molecule has 1 aliphatic carbocycles. The molecule has 0 spiro atoms. The van der Waals surface area contributed by atoms with Crippen LogP contribution in [0.15, 0.2) is 48.5 Å². The van der Waals surface area contributed by atoms with Crippen LogP contribution >= 0.6 is 0 Å². The van der Waals surface area contributed by atoms with Crippen LogP contribution in [0.4, 0.5) is 0 Å². The van der Waals surface area contributed by atoms with Crippen molar-refractivity contribution < 1.29 is 0 Å². The van der Waals surface area contributed by atoms with Crippen LogP contribution in [0.5, 0.6) is 0 Å². The molecule has 0 aromatic heterocycles. The molecule has 2 aliphatic rings. The van der Waals surface area contributed by atoms with Crippen molar-refractivity contribution in [1.82, 2.24) is 4.90 Å². The molecule has 2 aromatic carbocycles. The monoisotopic (exact) mass is 249 g/mol. The molecule has 0 bridgehead atoms. The van der Waals surface area contributed by atoms with Gasteiger partial charge in [-0.25, -0.2) is 0 Å². The summed E-state index contributed by atoms with van der Waals surface area (Å²) in [6, 6.07) is 18.1. The number of nitrogens with zero attached hydrogens (tertiary/aromatic N) is 1. The van der Waals surface area contributed by atoms with Crippen LogP contribution in [0.2, 0.25) is 0 Å². The molecule has 0 saturated carbocycles. The quantitative estimate of drug-likeness (QED) is 0.691. The highest BCUT2D eigenvalue weighted by Crippen LogP contribution is 2.44. The van der Waals surface area contributed by atoms with Crippen molar-refractivity contribution in [1.29, 1.82) is 0 Å². The first kappa shape index (κ1) is 11.2. The molecule has 1 saturated heterocycles. The highest BCUT2D eigenvalue weighted by molar-refractivity contribution is 5.46.